The van der Waals surface area contributed by atoms with Crippen molar-refractivity contribution in [3.05, 3.63) is 35.9 Å². The van der Waals surface area contributed by atoms with Crippen LogP contribution in [0.1, 0.15) is 44.1 Å². The number of carbonyl (C=O) groups excluding carboxylic acids is 2. The van der Waals surface area contributed by atoms with Crippen molar-refractivity contribution < 1.29 is 19.1 Å². The van der Waals surface area contributed by atoms with Crippen molar-refractivity contribution >= 4 is 12.1 Å². The average molecular weight is 331 g/mol. The summed E-state index contributed by atoms with van der Waals surface area (Å²) in [5, 5.41) is 0. The average Bonchev–Trinajstić information content (AvgIpc) is 2.99. The van der Waals surface area contributed by atoms with Crippen LogP contribution in [-0.2, 0) is 20.9 Å². The quantitative estimate of drug-likeness (QED) is 0.795. The Balaban J connectivity index is 1.68. The Labute approximate surface area is 142 Å². The van der Waals surface area contributed by atoms with Crippen LogP contribution < -0.4 is 0 Å². The molecule has 5 heteroatoms. The summed E-state index contributed by atoms with van der Waals surface area (Å²) in [6, 6.07) is 9.05. The monoisotopic (exact) mass is 331 g/mol. The highest BCUT2D eigenvalue weighted by atomic mass is 16.6. The van der Waals surface area contributed by atoms with Crippen molar-refractivity contribution in [1.29, 1.82) is 0 Å². The number of rotatable bonds is 3. The largest absolute Gasteiger partial charge is 0.467 e. The molecule has 1 aromatic carbocycles. The molecule has 1 saturated carbocycles. The molecule has 1 saturated heterocycles. The molecular formula is C19H25NO4. The summed E-state index contributed by atoms with van der Waals surface area (Å²) in [6.45, 7) is 0.817. The summed E-state index contributed by atoms with van der Waals surface area (Å²) < 4.78 is 10.4. The number of likely N-dealkylation sites (tertiary alicyclic amines) is 1. The minimum Gasteiger partial charge on any atom is -0.467 e. The molecule has 1 heterocycles. The molecule has 1 atom stereocenters. The van der Waals surface area contributed by atoms with Crippen LogP contribution in [0.15, 0.2) is 30.3 Å². The fraction of sp³-hybridized carbons (Fsp3) is 0.579. The Morgan fingerprint density at radius 2 is 1.88 bits per heavy atom. The van der Waals surface area contributed by atoms with Crippen molar-refractivity contribution in [2.24, 2.45) is 5.41 Å². The SMILES string of the molecule is COC(=O)C1CC2(CCCCC2)CN1C(=O)OCc1ccccc1. The Hall–Kier alpha value is -2.04. The maximum atomic E-state index is 12.6. The van der Waals surface area contributed by atoms with Gasteiger partial charge in [-0.25, -0.2) is 9.59 Å². The molecule has 0 aromatic heterocycles. The van der Waals surface area contributed by atoms with E-state index in [4.69, 9.17) is 9.47 Å². The van der Waals surface area contributed by atoms with Crippen molar-refractivity contribution in [3.8, 4) is 0 Å². The highest BCUT2D eigenvalue weighted by Gasteiger charge is 2.49. The molecule has 0 bridgehead atoms. The molecule has 0 N–H and O–H groups in total. The minimum atomic E-state index is -0.517. The van der Waals surface area contributed by atoms with Crippen LogP contribution in [0, 0.1) is 5.41 Å². The van der Waals surface area contributed by atoms with Crippen molar-refractivity contribution in [3.63, 3.8) is 0 Å². The number of ether oxygens (including phenoxy) is 2. The predicted octanol–water partition coefficient (Wildman–Crippen LogP) is 3.52. The number of nitrogens with zero attached hydrogens (tertiary/aromatic N) is 1. The van der Waals surface area contributed by atoms with Gasteiger partial charge in [-0.15, -0.1) is 0 Å². The fourth-order valence-electron chi connectivity index (χ4n) is 4.06. The normalized spacial score (nSPS) is 22.4. The Bertz CT molecular complexity index is 580. The Morgan fingerprint density at radius 3 is 2.54 bits per heavy atom. The fourth-order valence-corrected chi connectivity index (χ4v) is 4.06. The highest BCUT2D eigenvalue weighted by molar-refractivity contribution is 5.82. The van der Waals surface area contributed by atoms with Gasteiger partial charge >= 0.3 is 12.1 Å². The number of carbonyl (C=O) groups is 2. The molecule has 1 amide bonds. The van der Waals surface area contributed by atoms with Crippen LogP contribution in [-0.4, -0.2) is 36.7 Å². The van der Waals surface area contributed by atoms with Crippen LogP contribution in [0.5, 0.6) is 0 Å². The summed E-state index contributed by atoms with van der Waals surface area (Å²) in [4.78, 5) is 26.3. The van der Waals surface area contributed by atoms with Crippen molar-refractivity contribution in [2.75, 3.05) is 13.7 Å². The number of benzene rings is 1. The number of hydrogen-bond acceptors (Lipinski definition) is 4. The standard InChI is InChI=1S/C19H25NO4/c1-23-17(21)16-12-19(10-6-3-7-11-19)14-20(16)18(22)24-13-15-8-4-2-5-9-15/h2,4-5,8-9,16H,3,6-7,10-14H2,1H3. The van der Waals surface area contributed by atoms with E-state index in [2.05, 4.69) is 0 Å². The van der Waals surface area contributed by atoms with Gasteiger partial charge in [0, 0.05) is 6.54 Å². The van der Waals surface area contributed by atoms with Gasteiger partial charge in [0.2, 0.25) is 0 Å². The molecule has 2 fully saturated rings. The van der Waals surface area contributed by atoms with E-state index in [1.165, 1.54) is 26.4 Å². The van der Waals surface area contributed by atoms with Gasteiger partial charge in [0.05, 0.1) is 7.11 Å². The van der Waals surface area contributed by atoms with Gasteiger partial charge in [0.15, 0.2) is 0 Å². The van der Waals surface area contributed by atoms with Crippen LogP contribution >= 0.6 is 0 Å². The van der Waals surface area contributed by atoms with Crippen molar-refractivity contribution in [2.45, 2.75) is 51.2 Å². The van der Waals surface area contributed by atoms with Gasteiger partial charge in [0.25, 0.3) is 0 Å². The zero-order valence-electron chi connectivity index (χ0n) is 14.2. The van der Waals surface area contributed by atoms with Gasteiger partial charge in [-0.2, -0.15) is 0 Å². The molecular weight excluding hydrogens is 306 g/mol. The smallest absolute Gasteiger partial charge is 0.410 e. The maximum Gasteiger partial charge on any atom is 0.410 e. The third kappa shape index (κ3) is 3.55. The van der Waals surface area contributed by atoms with Crippen LogP contribution in [0.3, 0.4) is 0 Å². The van der Waals surface area contributed by atoms with E-state index in [0.717, 1.165) is 18.4 Å². The second-order valence-corrected chi connectivity index (χ2v) is 6.97. The van der Waals surface area contributed by atoms with E-state index >= 15 is 0 Å². The number of methoxy groups -OCH3 is 1. The van der Waals surface area contributed by atoms with Gasteiger partial charge in [-0.3, -0.25) is 4.90 Å². The molecule has 130 valence electrons. The molecule has 2 aliphatic rings. The highest BCUT2D eigenvalue weighted by Crippen LogP contribution is 2.46. The van der Waals surface area contributed by atoms with Crippen molar-refractivity contribution in [1.82, 2.24) is 4.90 Å². The second-order valence-electron chi connectivity index (χ2n) is 6.97. The number of esters is 1. The molecule has 0 radical (unpaired) electrons. The summed E-state index contributed by atoms with van der Waals surface area (Å²) in [7, 11) is 1.38. The lowest BCUT2D eigenvalue weighted by atomic mass is 9.73. The van der Waals surface area contributed by atoms with E-state index in [1.807, 2.05) is 30.3 Å². The zero-order valence-corrected chi connectivity index (χ0v) is 14.2. The maximum absolute atomic E-state index is 12.6. The molecule has 1 aromatic rings. The Kier molecular flexibility index (Phi) is 5.07. The van der Waals surface area contributed by atoms with Crippen LogP contribution in [0.25, 0.3) is 0 Å². The summed E-state index contributed by atoms with van der Waals surface area (Å²) in [6.07, 6.45) is 5.99. The van der Waals surface area contributed by atoms with E-state index in [1.54, 1.807) is 4.90 Å². The second kappa shape index (κ2) is 7.24. The molecule has 1 aliphatic carbocycles. The summed E-state index contributed by atoms with van der Waals surface area (Å²) in [5.74, 6) is -0.339. The Morgan fingerprint density at radius 1 is 1.17 bits per heavy atom. The van der Waals surface area contributed by atoms with Gasteiger partial charge in [0.1, 0.15) is 12.6 Å². The molecule has 24 heavy (non-hydrogen) atoms. The minimum absolute atomic E-state index is 0.0584. The first-order valence-corrected chi connectivity index (χ1v) is 8.69. The van der Waals surface area contributed by atoms with Gasteiger partial charge in [-0.1, -0.05) is 49.6 Å². The first-order valence-electron chi connectivity index (χ1n) is 8.69. The van der Waals surface area contributed by atoms with E-state index in [9.17, 15) is 9.59 Å². The lowest BCUT2D eigenvalue weighted by Crippen LogP contribution is -2.41. The molecule has 5 nitrogen and oxygen atoms in total. The summed E-state index contributed by atoms with van der Waals surface area (Å²) >= 11 is 0. The molecule has 3 rings (SSSR count). The molecule has 1 aliphatic heterocycles. The van der Waals surface area contributed by atoms with E-state index in [-0.39, 0.29) is 18.0 Å². The molecule has 1 spiro atoms. The van der Waals surface area contributed by atoms with E-state index in [0.29, 0.717) is 13.0 Å². The van der Waals surface area contributed by atoms with Gasteiger partial charge < -0.3 is 9.47 Å². The lowest BCUT2D eigenvalue weighted by Gasteiger charge is -2.32. The van der Waals surface area contributed by atoms with E-state index < -0.39 is 12.1 Å². The predicted molar refractivity (Wildman–Crippen MR) is 89.3 cm³/mol. The number of hydrogen-bond donors (Lipinski definition) is 0. The zero-order chi connectivity index (χ0) is 17.0. The third-order valence-corrected chi connectivity index (χ3v) is 5.34. The van der Waals surface area contributed by atoms with Crippen LogP contribution in [0.4, 0.5) is 4.79 Å². The number of amides is 1. The van der Waals surface area contributed by atoms with Crippen LogP contribution in [0.2, 0.25) is 0 Å². The van der Waals surface area contributed by atoms with Gasteiger partial charge in [-0.05, 0) is 30.2 Å². The summed E-state index contributed by atoms with van der Waals surface area (Å²) in [5.41, 5.74) is 0.995. The topological polar surface area (TPSA) is 55.8 Å². The first kappa shape index (κ1) is 16.8. The molecule has 1 unspecified atom stereocenters. The third-order valence-electron chi connectivity index (χ3n) is 5.34. The first-order chi connectivity index (χ1) is 11.6. The lowest BCUT2D eigenvalue weighted by molar-refractivity contribution is -0.145.